The van der Waals surface area contributed by atoms with Crippen LogP contribution in [0.2, 0.25) is 0 Å². The molecule has 2 heterocycles. The largest absolute Gasteiger partial charge is 0.296 e. The molecule has 0 radical (unpaired) electrons. The number of aromatic nitrogens is 1. The molecule has 2 heteroatoms. The second kappa shape index (κ2) is 4.75. The predicted octanol–water partition coefficient (Wildman–Crippen LogP) is 2.87. The van der Waals surface area contributed by atoms with E-state index in [1.165, 1.54) is 31.5 Å². The third-order valence-corrected chi connectivity index (χ3v) is 3.03. The van der Waals surface area contributed by atoms with Crippen molar-refractivity contribution in [2.75, 3.05) is 13.1 Å². The minimum Gasteiger partial charge on any atom is -0.296 e. The first-order valence-corrected chi connectivity index (χ1v) is 5.91. The zero-order chi connectivity index (χ0) is 10.7. The summed E-state index contributed by atoms with van der Waals surface area (Å²) in [7, 11) is 0. The summed E-state index contributed by atoms with van der Waals surface area (Å²) in [5.41, 5.74) is 1.38. The predicted molar refractivity (Wildman–Crippen MR) is 62.6 cm³/mol. The maximum atomic E-state index is 4.22. The molecular formula is C13H20N2. The molecule has 0 saturated carbocycles. The monoisotopic (exact) mass is 204 g/mol. The Hall–Kier alpha value is -0.890. The lowest BCUT2D eigenvalue weighted by molar-refractivity contribution is 0.228. The van der Waals surface area contributed by atoms with Crippen LogP contribution in [0.15, 0.2) is 24.5 Å². The number of hydrogen-bond donors (Lipinski definition) is 0. The minimum atomic E-state index is 0.612. The fourth-order valence-corrected chi connectivity index (χ4v) is 2.46. The quantitative estimate of drug-likeness (QED) is 0.752. The van der Waals surface area contributed by atoms with E-state index < -0.39 is 0 Å². The normalized spacial score (nSPS) is 22.5. The zero-order valence-electron chi connectivity index (χ0n) is 9.69. The van der Waals surface area contributed by atoms with Gasteiger partial charge in [-0.15, -0.1) is 0 Å². The van der Waals surface area contributed by atoms with Crippen molar-refractivity contribution in [2.45, 2.75) is 32.7 Å². The van der Waals surface area contributed by atoms with Gasteiger partial charge in [0, 0.05) is 25.0 Å². The average Bonchev–Trinajstić information content (AvgIpc) is 2.66. The summed E-state index contributed by atoms with van der Waals surface area (Å²) in [6, 6.07) is 4.86. The van der Waals surface area contributed by atoms with Gasteiger partial charge in [-0.1, -0.05) is 19.9 Å². The Morgan fingerprint density at radius 1 is 1.53 bits per heavy atom. The van der Waals surface area contributed by atoms with E-state index in [9.17, 15) is 0 Å². The molecule has 0 unspecified atom stereocenters. The maximum Gasteiger partial charge on any atom is 0.0363 e. The fraction of sp³-hybridized carbons (Fsp3) is 0.615. The van der Waals surface area contributed by atoms with E-state index in [0.717, 1.165) is 5.92 Å². The number of nitrogens with zero attached hydrogens (tertiary/aromatic N) is 2. The van der Waals surface area contributed by atoms with Gasteiger partial charge < -0.3 is 0 Å². The van der Waals surface area contributed by atoms with E-state index in [-0.39, 0.29) is 0 Å². The minimum absolute atomic E-state index is 0.612. The summed E-state index contributed by atoms with van der Waals surface area (Å²) in [6.45, 7) is 7.04. The van der Waals surface area contributed by atoms with Gasteiger partial charge in [-0.3, -0.25) is 9.88 Å². The van der Waals surface area contributed by atoms with E-state index in [0.29, 0.717) is 6.04 Å². The molecule has 0 N–H and O–H groups in total. The first-order chi connectivity index (χ1) is 7.27. The molecule has 1 aliphatic heterocycles. The summed E-state index contributed by atoms with van der Waals surface area (Å²) in [6.07, 6.45) is 6.49. The molecule has 0 aliphatic carbocycles. The number of pyridine rings is 1. The van der Waals surface area contributed by atoms with Gasteiger partial charge in [-0.25, -0.2) is 0 Å². The Bertz CT molecular complexity index is 295. The van der Waals surface area contributed by atoms with Crippen LogP contribution in [0.3, 0.4) is 0 Å². The molecule has 1 aliphatic rings. The highest BCUT2D eigenvalue weighted by molar-refractivity contribution is 5.15. The highest BCUT2D eigenvalue weighted by Gasteiger charge is 2.25. The summed E-state index contributed by atoms with van der Waals surface area (Å²) in [4.78, 5) is 6.82. The first-order valence-electron chi connectivity index (χ1n) is 5.91. The van der Waals surface area contributed by atoms with E-state index in [2.05, 4.69) is 29.8 Å². The Morgan fingerprint density at radius 2 is 2.40 bits per heavy atom. The van der Waals surface area contributed by atoms with E-state index in [4.69, 9.17) is 0 Å². The van der Waals surface area contributed by atoms with Gasteiger partial charge in [-0.2, -0.15) is 0 Å². The van der Waals surface area contributed by atoms with Crippen LogP contribution in [-0.2, 0) is 0 Å². The van der Waals surface area contributed by atoms with E-state index >= 15 is 0 Å². The maximum absolute atomic E-state index is 4.22. The molecule has 2 rings (SSSR count). The van der Waals surface area contributed by atoms with Crippen molar-refractivity contribution in [2.24, 2.45) is 5.92 Å². The van der Waals surface area contributed by atoms with Crippen molar-refractivity contribution in [3.63, 3.8) is 0 Å². The van der Waals surface area contributed by atoms with Crippen LogP contribution in [0, 0.1) is 5.92 Å². The molecular weight excluding hydrogens is 184 g/mol. The summed E-state index contributed by atoms with van der Waals surface area (Å²) >= 11 is 0. The van der Waals surface area contributed by atoms with Gasteiger partial charge in [0.25, 0.3) is 0 Å². The van der Waals surface area contributed by atoms with Crippen molar-refractivity contribution in [3.05, 3.63) is 30.1 Å². The molecule has 1 aromatic heterocycles. The second-order valence-electron chi connectivity index (χ2n) is 4.83. The van der Waals surface area contributed by atoms with Gasteiger partial charge in [0.15, 0.2) is 0 Å². The fourth-order valence-electron chi connectivity index (χ4n) is 2.46. The van der Waals surface area contributed by atoms with Gasteiger partial charge in [-0.05, 0) is 36.9 Å². The van der Waals surface area contributed by atoms with Gasteiger partial charge >= 0.3 is 0 Å². The Morgan fingerprint density at radius 3 is 3.07 bits per heavy atom. The first kappa shape index (κ1) is 10.6. The third kappa shape index (κ3) is 2.57. The molecule has 0 aromatic carbocycles. The Labute approximate surface area is 92.3 Å². The van der Waals surface area contributed by atoms with Crippen molar-refractivity contribution < 1.29 is 0 Å². The zero-order valence-corrected chi connectivity index (χ0v) is 9.69. The molecule has 0 spiro atoms. The molecule has 15 heavy (non-hydrogen) atoms. The van der Waals surface area contributed by atoms with Crippen LogP contribution in [-0.4, -0.2) is 23.0 Å². The van der Waals surface area contributed by atoms with Crippen LogP contribution < -0.4 is 0 Å². The molecule has 0 amide bonds. The van der Waals surface area contributed by atoms with E-state index in [1.54, 1.807) is 0 Å². The lowest BCUT2D eigenvalue weighted by atomic mass is 10.1. The lowest BCUT2D eigenvalue weighted by Gasteiger charge is -2.26. The Balaban J connectivity index is 2.08. The molecule has 0 bridgehead atoms. The number of rotatable bonds is 3. The summed E-state index contributed by atoms with van der Waals surface area (Å²) in [5, 5.41) is 0. The van der Waals surface area contributed by atoms with Crippen molar-refractivity contribution >= 4 is 0 Å². The van der Waals surface area contributed by atoms with Crippen LogP contribution >= 0.6 is 0 Å². The van der Waals surface area contributed by atoms with Gasteiger partial charge in [0.1, 0.15) is 0 Å². The molecule has 1 saturated heterocycles. The lowest BCUT2D eigenvalue weighted by Crippen LogP contribution is -2.27. The SMILES string of the molecule is CC(C)CN1CCC[C@H]1c1cccnc1. The molecule has 2 nitrogen and oxygen atoms in total. The smallest absolute Gasteiger partial charge is 0.0363 e. The van der Waals surface area contributed by atoms with E-state index in [1.807, 2.05) is 18.5 Å². The number of hydrogen-bond acceptors (Lipinski definition) is 2. The van der Waals surface area contributed by atoms with Crippen LogP contribution in [0.4, 0.5) is 0 Å². The summed E-state index contributed by atoms with van der Waals surface area (Å²) in [5.74, 6) is 0.752. The standard InChI is InChI=1S/C13H20N2/c1-11(2)10-15-8-4-6-13(15)12-5-3-7-14-9-12/h3,5,7,9,11,13H,4,6,8,10H2,1-2H3/t13-/m0/s1. The van der Waals surface area contributed by atoms with Crippen LogP contribution in [0.1, 0.15) is 38.3 Å². The highest BCUT2D eigenvalue weighted by atomic mass is 15.2. The van der Waals surface area contributed by atoms with Gasteiger partial charge in [0.2, 0.25) is 0 Å². The van der Waals surface area contributed by atoms with Crippen LogP contribution in [0.25, 0.3) is 0 Å². The molecule has 82 valence electrons. The van der Waals surface area contributed by atoms with Gasteiger partial charge in [0.05, 0.1) is 0 Å². The van der Waals surface area contributed by atoms with Crippen LogP contribution in [0.5, 0.6) is 0 Å². The van der Waals surface area contributed by atoms with Crippen molar-refractivity contribution in [1.82, 2.24) is 9.88 Å². The molecule has 1 aromatic rings. The molecule has 1 fully saturated rings. The summed E-state index contributed by atoms with van der Waals surface area (Å²) < 4.78 is 0. The highest BCUT2D eigenvalue weighted by Crippen LogP contribution is 2.31. The molecule has 1 atom stereocenters. The Kier molecular flexibility index (Phi) is 3.37. The third-order valence-electron chi connectivity index (χ3n) is 3.03. The van der Waals surface area contributed by atoms with Crippen molar-refractivity contribution in [3.8, 4) is 0 Å². The topological polar surface area (TPSA) is 16.1 Å². The second-order valence-corrected chi connectivity index (χ2v) is 4.83. The number of likely N-dealkylation sites (tertiary alicyclic amines) is 1. The average molecular weight is 204 g/mol. The van der Waals surface area contributed by atoms with Crippen molar-refractivity contribution in [1.29, 1.82) is 0 Å².